The number of ketones is 1. The number of aryl methyl sites for hydroxylation is 1. The van der Waals surface area contributed by atoms with E-state index in [1.165, 1.54) is 0 Å². The van der Waals surface area contributed by atoms with Crippen LogP contribution < -0.4 is 0 Å². The van der Waals surface area contributed by atoms with Crippen molar-refractivity contribution in [3.05, 3.63) is 58.0 Å². The molecule has 0 aliphatic carbocycles. The van der Waals surface area contributed by atoms with Crippen molar-refractivity contribution in [1.29, 1.82) is 0 Å². The number of carbonyl (C=O) groups is 1. The molecule has 0 saturated carbocycles. The van der Waals surface area contributed by atoms with Gasteiger partial charge in [-0.05, 0) is 24.3 Å². The van der Waals surface area contributed by atoms with E-state index in [0.717, 1.165) is 16.7 Å². The quantitative estimate of drug-likeness (QED) is 0.799. The SMILES string of the molecule is CCc1ccc(C(=O)c2cccc(Br)c2)o1. The van der Waals surface area contributed by atoms with Crippen LogP contribution in [-0.2, 0) is 6.42 Å². The Bertz CT molecular complexity index is 514. The topological polar surface area (TPSA) is 30.2 Å². The average molecular weight is 279 g/mol. The molecule has 0 aliphatic rings. The molecule has 82 valence electrons. The molecule has 0 N–H and O–H groups in total. The van der Waals surface area contributed by atoms with E-state index >= 15 is 0 Å². The second kappa shape index (κ2) is 4.66. The molecule has 0 spiro atoms. The highest BCUT2D eigenvalue weighted by atomic mass is 79.9. The highest BCUT2D eigenvalue weighted by molar-refractivity contribution is 9.10. The van der Waals surface area contributed by atoms with E-state index in [1.54, 1.807) is 18.2 Å². The minimum absolute atomic E-state index is 0.0824. The molecular formula is C13H11BrO2. The van der Waals surface area contributed by atoms with Crippen LogP contribution in [0.1, 0.15) is 28.8 Å². The van der Waals surface area contributed by atoms with E-state index in [0.29, 0.717) is 11.3 Å². The molecule has 0 bridgehead atoms. The molecule has 2 aromatic rings. The predicted octanol–water partition coefficient (Wildman–Crippen LogP) is 3.84. The number of hydrogen-bond donors (Lipinski definition) is 0. The van der Waals surface area contributed by atoms with Crippen LogP contribution >= 0.6 is 15.9 Å². The number of carbonyl (C=O) groups excluding carboxylic acids is 1. The number of rotatable bonds is 3. The summed E-state index contributed by atoms with van der Waals surface area (Å²) >= 11 is 3.34. The van der Waals surface area contributed by atoms with Gasteiger partial charge in [-0.2, -0.15) is 0 Å². The van der Waals surface area contributed by atoms with Crippen LogP contribution in [-0.4, -0.2) is 5.78 Å². The van der Waals surface area contributed by atoms with Crippen molar-refractivity contribution in [3.8, 4) is 0 Å². The van der Waals surface area contributed by atoms with E-state index < -0.39 is 0 Å². The molecule has 0 aliphatic heterocycles. The second-order valence-electron chi connectivity index (χ2n) is 3.46. The Balaban J connectivity index is 2.31. The van der Waals surface area contributed by atoms with Gasteiger partial charge >= 0.3 is 0 Å². The molecule has 2 rings (SSSR count). The van der Waals surface area contributed by atoms with Gasteiger partial charge in [0.2, 0.25) is 5.78 Å². The zero-order valence-corrected chi connectivity index (χ0v) is 10.5. The summed E-state index contributed by atoms with van der Waals surface area (Å²) in [5.41, 5.74) is 0.631. The van der Waals surface area contributed by atoms with Gasteiger partial charge in [0.05, 0.1) is 0 Å². The molecule has 16 heavy (non-hydrogen) atoms. The largest absolute Gasteiger partial charge is 0.458 e. The van der Waals surface area contributed by atoms with Crippen molar-refractivity contribution in [2.24, 2.45) is 0 Å². The maximum atomic E-state index is 12.0. The fraction of sp³-hybridized carbons (Fsp3) is 0.154. The van der Waals surface area contributed by atoms with Gasteiger partial charge in [0.1, 0.15) is 5.76 Å². The summed E-state index contributed by atoms with van der Waals surface area (Å²) in [5, 5.41) is 0. The maximum absolute atomic E-state index is 12.0. The minimum Gasteiger partial charge on any atom is -0.458 e. The van der Waals surface area contributed by atoms with E-state index in [1.807, 2.05) is 25.1 Å². The first-order chi connectivity index (χ1) is 7.70. The summed E-state index contributed by atoms with van der Waals surface area (Å²) in [6.07, 6.45) is 0.797. The molecular weight excluding hydrogens is 268 g/mol. The number of halogens is 1. The lowest BCUT2D eigenvalue weighted by Gasteiger charge is -1.98. The zero-order chi connectivity index (χ0) is 11.5. The minimum atomic E-state index is -0.0824. The first-order valence-corrected chi connectivity index (χ1v) is 5.89. The molecule has 0 fully saturated rings. The maximum Gasteiger partial charge on any atom is 0.228 e. The third kappa shape index (κ3) is 2.25. The third-order valence-electron chi connectivity index (χ3n) is 2.32. The molecule has 2 nitrogen and oxygen atoms in total. The Kier molecular flexibility index (Phi) is 3.25. The summed E-state index contributed by atoms with van der Waals surface area (Å²) in [5.74, 6) is 1.15. The summed E-state index contributed by atoms with van der Waals surface area (Å²) in [7, 11) is 0. The Morgan fingerprint density at radius 1 is 1.31 bits per heavy atom. The predicted molar refractivity (Wildman–Crippen MR) is 65.7 cm³/mol. The van der Waals surface area contributed by atoms with E-state index in [9.17, 15) is 4.79 Å². The highest BCUT2D eigenvalue weighted by Crippen LogP contribution is 2.17. The third-order valence-corrected chi connectivity index (χ3v) is 2.81. The van der Waals surface area contributed by atoms with Crippen LogP contribution in [0.3, 0.4) is 0 Å². The Morgan fingerprint density at radius 2 is 2.12 bits per heavy atom. The van der Waals surface area contributed by atoms with Crippen LogP contribution in [0, 0.1) is 0 Å². The molecule has 1 aromatic carbocycles. The molecule has 0 saturated heterocycles. The summed E-state index contributed by atoms with van der Waals surface area (Å²) in [6, 6.07) is 10.8. The van der Waals surface area contributed by atoms with Gasteiger partial charge in [-0.1, -0.05) is 35.0 Å². The fourth-order valence-corrected chi connectivity index (χ4v) is 1.86. The molecule has 3 heteroatoms. The van der Waals surface area contributed by atoms with Gasteiger partial charge in [-0.15, -0.1) is 0 Å². The first kappa shape index (κ1) is 11.1. The number of benzene rings is 1. The van der Waals surface area contributed by atoms with Gasteiger partial charge in [-0.25, -0.2) is 0 Å². The van der Waals surface area contributed by atoms with Gasteiger partial charge in [0.25, 0.3) is 0 Å². The first-order valence-electron chi connectivity index (χ1n) is 5.09. The molecule has 1 heterocycles. The summed E-state index contributed by atoms with van der Waals surface area (Å²) < 4.78 is 6.31. The number of hydrogen-bond acceptors (Lipinski definition) is 2. The van der Waals surface area contributed by atoms with Crippen molar-refractivity contribution in [3.63, 3.8) is 0 Å². The lowest BCUT2D eigenvalue weighted by Crippen LogP contribution is -1.99. The molecule has 0 radical (unpaired) electrons. The Morgan fingerprint density at radius 3 is 2.75 bits per heavy atom. The second-order valence-corrected chi connectivity index (χ2v) is 4.37. The standard InChI is InChI=1S/C13H11BrO2/c1-2-11-6-7-12(16-11)13(15)9-4-3-5-10(14)8-9/h3-8H,2H2,1H3. The van der Waals surface area contributed by atoms with Crippen LogP contribution in [0.4, 0.5) is 0 Å². The molecule has 0 atom stereocenters. The van der Waals surface area contributed by atoms with Crippen LogP contribution in [0.2, 0.25) is 0 Å². The van der Waals surface area contributed by atoms with E-state index in [4.69, 9.17) is 4.42 Å². The summed E-state index contributed by atoms with van der Waals surface area (Å²) in [6.45, 7) is 1.99. The Hall–Kier alpha value is -1.35. The lowest BCUT2D eigenvalue weighted by atomic mass is 10.1. The van der Waals surface area contributed by atoms with Crippen molar-refractivity contribution in [1.82, 2.24) is 0 Å². The summed E-state index contributed by atoms with van der Waals surface area (Å²) in [4.78, 5) is 12.0. The number of furan rings is 1. The lowest BCUT2D eigenvalue weighted by molar-refractivity contribution is 0.101. The average Bonchev–Trinajstić information content (AvgIpc) is 2.76. The van der Waals surface area contributed by atoms with Gasteiger partial charge in [0, 0.05) is 16.5 Å². The highest BCUT2D eigenvalue weighted by Gasteiger charge is 2.13. The fourth-order valence-electron chi connectivity index (χ4n) is 1.46. The van der Waals surface area contributed by atoms with Gasteiger partial charge in [0.15, 0.2) is 5.76 Å². The van der Waals surface area contributed by atoms with Crippen molar-refractivity contribution in [2.45, 2.75) is 13.3 Å². The zero-order valence-electron chi connectivity index (χ0n) is 8.87. The van der Waals surface area contributed by atoms with Crippen LogP contribution in [0.5, 0.6) is 0 Å². The molecule has 0 unspecified atom stereocenters. The monoisotopic (exact) mass is 278 g/mol. The Labute approximate surface area is 102 Å². The van der Waals surface area contributed by atoms with Gasteiger partial charge in [-0.3, -0.25) is 4.79 Å². The smallest absolute Gasteiger partial charge is 0.228 e. The van der Waals surface area contributed by atoms with E-state index in [-0.39, 0.29) is 5.78 Å². The van der Waals surface area contributed by atoms with Crippen LogP contribution in [0.15, 0.2) is 45.3 Å². The van der Waals surface area contributed by atoms with Gasteiger partial charge < -0.3 is 4.42 Å². The van der Waals surface area contributed by atoms with Crippen molar-refractivity contribution in [2.75, 3.05) is 0 Å². The molecule has 0 amide bonds. The van der Waals surface area contributed by atoms with Crippen molar-refractivity contribution >= 4 is 21.7 Å². The van der Waals surface area contributed by atoms with E-state index in [2.05, 4.69) is 15.9 Å². The van der Waals surface area contributed by atoms with Crippen molar-refractivity contribution < 1.29 is 9.21 Å². The molecule has 1 aromatic heterocycles. The van der Waals surface area contributed by atoms with Crippen LogP contribution in [0.25, 0.3) is 0 Å². The normalized spacial score (nSPS) is 10.4.